The highest BCUT2D eigenvalue weighted by molar-refractivity contribution is 5.99. The van der Waals surface area contributed by atoms with Gasteiger partial charge in [-0.25, -0.2) is 9.18 Å². The third-order valence-electron chi connectivity index (χ3n) is 4.32. The number of nitrogens with one attached hydrogen (secondary N) is 1. The van der Waals surface area contributed by atoms with Gasteiger partial charge in [0.05, 0.1) is 31.1 Å². The molecule has 29 heavy (non-hydrogen) atoms. The summed E-state index contributed by atoms with van der Waals surface area (Å²) in [4.78, 5) is 26.7. The van der Waals surface area contributed by atoms with Crippen molar-refractivity contribution in [2.75, 3.05) is 49.7 Å². The van der Waals surface area contributed by atoms with Gasteiger partial charge in [0.1, 0.15) is 0 Å². The summed E-state index contributed by atoms with van der Waals surface area (Å²) in [6, 6.07) is 10.9. The first-order valence-electron chi connectivity index (χ1n) is 9.39. The molecule has 0 radical (unpaired) electrons. The Kier molecular flexibility index (Phi) is 7.02. The van der Waals surface area contributed by atoms with E-state index in [1.54, 1.807) is 31.2 Å². The van der Waals surface area contributed by atoms with Crippen LogP contribution in [0.25, 0.3) is 0 Å². The van der Waals surface area contributed by atoms with Crippen molar-refractivity contribution in [2.45, 2.75) is 6.92 Å². The lowest BCUT2D eigenvalue weighted by Gasteiger charge is -2.30. The minimum absolute atomic E-state index is 0.00229. The van der Waals surface area contributed by atoms with Crippen molar-refractivity contribution < 1.29 is 28.2 Å². The van der Waals surface area contributed by atoms with Crippen LogP contribution in [0.5, 0.6) is 5.75 Å². The second-order valence-electron chi connectivity index (χ2n) is 6.32. The fourth-order valence-electron chi connectivity index (χ4n) is 2.97. The average Bonchev–Trinajstić information content (AvgIpc) is 2.74. The molecule has 1 N–H and O–H groups in total. The van der Waals surface area contributed by atoms with Crippen LogP contribution < -0.4 is 15.0 Å². The van der Waals surface area contributed by atoms with Crippen molar-refractivity contribution in [1.29, 1.82) is 0 Å². The monoisotopic (exact) mass is 402 g/mol. The second-order valence-corrected chi connectivity index (χ2v) is 6.32. The van der Waals surface area contributed by atoms with Gasteiger partial charge in [-0.3, -0.25) is 4.79 Å². The van der Waals surface area contributed by atoms with E-state index in [1.165, 1.54) is 18.2 Å². The number of carbonyl (C=O) groups is 2. The lowest BCUT2D eigenvalue weighted by molar-refractivity contribution is -0.118. The molecular formula is C21H23FN2O5. The van der Waals surface area contributed by atoms with Crippen molar-refractivity contribution in [3.63, 3.8) is 0 Å². The Morgan fingerprint density at radius 1 is 1.17 bits per heavy atom. The zero-order valence-corrected chi connectivity index (χ0v) is 16.2. The first-order chi connectivity index (χ1) is 14.1. The predicted octanol–water partition coefficient (Wildman–Crippen LogP) is 2.86. The number of ether oxygens (including phenoxy) is 3. The van der Waals surface area contributed by atoms with Gasteiger partial charge in [-0.1, -0.05) is 12.1 Å². The summed E-state index contributed by atoms with van der Waals surface area (Å²) in [5, 5.41) is 2.66. The van der Waals surface area contributed by atoms with Gasteiger partial charge in [0.15, 0.2) is 18.2 Å². The van der Waals surface area contributed by atoms with Gasteiger partial charge in [-0.15, -0.1) is 0 Å². The van der Waals surface area contributed by atoms with E-state index in [-0.39, 0.29) is 19.0 Å². The van der Waals surface area contributed by atoms with E-state index in [9.17, 15) is 14.0 Å². The summed E-state index contributed by atoms with van der Waals surface area (Å²) in [6.45, 7) is 4.10. The number of anilines is 2. The fraction of sp³-hybridized carbons (Fsp3) is 0.333. The van der Waals surface area contributed by atoms with E-state index >= 15 is 0 Å². The number of rotatable bonds is 7. The SMILES string of the molecule is CCOC(=O)c1cc(NC(=O)COc2ccccc2F)ccc1N1CCOCC1. The molecule has 1 heterocycles. The van der Waals surface area contributed by atoms with Crippen molar-refractivity contribution in [3.05, 3.63) is 53.8 Å². The highest BCUT2D eigenvalue weighted by atomic mass is 19.1. The van der Waals surface area contributed by atoms with Crippen LogP contribution in [0.1, 0.15) is 17.3 Å². The van der Waals surface area contributed by atoms with E-state index in [0.717, 1.165) is 5.69 Å². The summed E-state index contributed by atoms with van der Waals surface area (Å²) in [6.07, 6.45) is 0. The first-order valence-corrected chi connectivity index (χ1v) is 9.39. The molecule has 3 rings (SSSR count). The third kappa shape index (κ3) is 5.45. The molecule has 8 heteroatoms. The average molecular weight is 402 g/mol. The highest BCUT2D eigenvalue weighted by Gasteiger charge is 2.20. The number of esters is 1. The number of benzene rings is 2. The van der Waals surface area contributed by atoms with Crippen LogP contribution in [0.3, 0.4) is 0 Å². The van der Waals surface area contributed by atoms with E-state index in [4.69, 9.17) is 14.2 Å². The number of carbonyl (C=O) groups excluding carboxylic acids is 2. The van der Waals surface area contributed by atoms with Gasteiger partial charge in [0.2, 0.25) is 0 Å². The maximum Gasteiger partial charge on any atom is 0.340 e. The maximum absolute atomic E-state index is 13.6. The summed E-state index contributed by atoms with van der Waals surface area (Å²) in [5.41, 5.74) is 1.51. The topological polar surface area (TPSA) is 77.1 Å². The van der Waals surface area contributed by atoms with Crippen LogP contribution in [0.15, 0.2) is 42.5 Å². The van der Waals surface area contributed by atoms with E-state index in [1.807, 2.05) is 4.90 Å². The standard InChI is InChI=1S/C21H23FN2O5/c1-2-28-21(26)16-13-15(7-8-18(16)24-9-11-27-12-10-24)23-20(25)14-29-19-6-4-3-5-17(19)22/h3-8,13H,2,9-12,14H2,1H3,(H,23,25). The lowest BCUT2D eigenvalue weighted by atomic mass is 10.1. The highest BCUT2D eigenvalue weighted by Crippen LogP contribution is 2.26. The van der Waals surface area contributed by atoms with Gasteiger partial charge in [0.25, 0.3) is 5.91 Å². The normalized spacial score (nSPS) is 13.7. The molecule has 1 saturated heterocycles. The Bertz CT molecular complexity index is 868. The molecule has 1 fully saturated rings. The Morgan fingerprint density at radius 3 is 2.66 bits per heavy atom. The number of morpholine rings is 1. The number of nitrogens with zero attached hydrogens (tertiary/aromatic N) is 1. The van der Waals surface area contributed by atoms with Crippen LogP contribution in [0.4, 0.5) is 15.8 Å². The van der Waals surface area contributed by atoms with Crippen LogP contribution in [0.2, 0.25) is 0 Å². The van der Waals surface area contributed by atoms with Crippen molar-refractivity contribution in [3.8, 4) is 5.75 Å². The molecule has 1 aliphatic rings. The lowest BCUT2D eigenvalue weighted by Crippen LogP contribution is -2.37. The molecule has 1 aliphatic heterocycles. The summed E-state index contributed by atoms with van der Waals surface area (Å²) < 4.78 is 29.3. The number of hydrogen-bond acceptors (Lipinski definition) is 6. The van der Waals surface area contributed by atoms with Crippen molar-refractivity contribution >= 4 is 23.3 Å². The minimum atomic E-state index is -0.542. The molecule has 2 aromatic carbocycles. The zero-order chi connectivity index (χ0) is 20.6. The summed E-state index contributed by atoms with van der Waals surface area (Å²) in [5.74, 6) is -1.48. The van der Waals surface area contributed by atoms with Crippen molar-refractivity contribution in [1.82, 2.24) is 0 Å². The van der Waals surface area contributed by atoms with Gasteiger partial charge >= 0.3 is 5.97 Å². The Labute approximate surface area is 168 Å². The first kappa shape index (κ1) is 20.6. The molecule has 0 aliphatic carbocycles. The van der Waals surface area contributed by atoms with Gasteiger partial charge in [-0.05, 0) is 37.3 Å². The molecule has 0 aromatic heterocycles. The van der Waals surface area contributed by atoms with Crippen LogP contribution in [0, 0.1) is 5.82 Å². The predicted molar refractivity (Wildman–Crippen MR) is 106 cm³/mol. The Hall–Kier alpha value is -3.13. The van der Waals surface area contributed by atoms with Crippen LogP contribution >= 0.6 is 0 Å². The zero-order valence-electron chi connectivity index (χ0n) is 16.2. The molecule has 0 atom stereocenters. The molecule has 1 amide bonds. The number of halogens is 1. The number of hydrogen-bond donors (Lipinski definition) is 1. The van der Waals surface area contributed by atoms with Gasteiger partial charge < -0.3 is 24.4 Å². The van der Waals surface area contributed by atoms with Crippen LogP contribution in [-0.4, -0.2) is 51.4 Å². The molecule has 0 bridgehead atoms. The Balaban J connectivity index is 1.71. The van der Waals surface area contributed by atoms with Crippen LogP contribution in [-0.2, 0) is 14.3 Å². The minimum Gasteiger partial charge on any atom is -0.481 e. The molecule has 0 unspecified atom stereocenters. The Morgan fingerprint density at radius 2 is 1.93 bits per heavy atom. The second kappa shape index (κ2) is 9.88. The van der Waals surface area contributed by atoms with E-state index < -0.39 is 17.7 Å². The summed E-state index contributed by atoms with van der Waals surface area (Å²) in [7, 11) is 0. The molecular weight excluding hydrogens is 379 g/mol. The third-order valence-corrected chi connectivity index (χ3v) is 4.32. The van der Waals surface area contributed by atoms with Gasteiger partial charge in [0, 0.05) is 18.8 Å². The van der Waals surface area contributed by atoms with E-state index in [2.05, 4.69) is 5.32 Å². The number of para-hydroxylation sites is 1. The molecule has 154 valence electrons. The molecule has 7 nitrogen and oxygen atoms in total. The number of amides is 1. The van der Waals surface area contributed by atoms with Crippen molar-refractivity contribution in [2.24, 2.45) is 0 Å². The van der Waals surface area contributed by atoms with Gasteiger partial charge in [-0.2, -0.15) is 0 Å². The molecule has 0 saturated carbocycles. The maximum atomic E-state index is 13.6. The summed E-state index contributed by atoms with van der Waals surface area (Å²) >= 11 is 0. The smallest absolute Gasteiger partial charge is 0.340 e. The molecule has 0 spiro atoms. The molecule has 2 aromatic rings. The fourth-order valence-corrected chi connectivity index (χ4v) is 2.97. The largest absolute Gasteiger partial charge is 0.481 e. The van der Waals surface area contributed by atoms with E-state index in [0.29, 0.717) is 37.6 Å². The quantitative estimate of drug-likeness (QED) is 0.718.